The highest BCUT2D eigenvalue weighted by atomic mass is 16.7. The van der Waals surface area contributed by atoms with Crippen molar-refractivity contribution in [1.82, 2.24) is 0 Å². The van der Waals surface area contributed by atoms with E-state index in [1.165, 1.54) is 0 Å². The van der Waals surface area contributed by atoms with Crippen molar-refractivity contribution >= 4 is 5.97 Å². The summed E-state index contributed by atoms with van der Waals surface area (Å²) in [6.45, 7) is 4.12. The Balaban J connectivity index is 2.44. The van der Waals surface area contributed by atoms with E-state index < -0.39 is 30.7 Å². The number of ether oxygens (including phenoxy) is 3. The van der Waals surface area contributed by atoms with Crippen molar-refractivity contribution in [3.8, 4) is 0 Å². The zero-order valence-electron chi connectivity index (χ0n) is 13.3. The normalized spacial score (nSPS) is 32.0. The van der Waals surface area contributed by atoms with Crippen molar-refractivity contribution in [1.29, 1.82) is 0 Å². The van der Waals surface area contributed by atoms with Crippen LogP contribution in [0.5, 0.6) is 0 Å². The maximum atomic E-state index is 11.6. The highest BCUT2D eigenvalue weighted by molar-refractivity contribution is 5.69. The number of aliphatic hydroxyl groups excluding tert-OH is 3. The average Bonchev–Trinajstić information content (AvgIpc) is 2.51. The van der Waals surface area contributed by atoms with Crippen LogP contribution in [0.15, 0.2) is 0 Å². The number of hydrogen-bond acceptors (Lipinski definition) is 7. The van der Waals surface area contributed by atoms with E-state index >= 15 is 0 Å². The molecule has 0 aliphatic carbocycles. The molecule has 5 atom stereocenters. The molecule has 0 bridgehead atoms. The van der Waals surface area contributed by atoms with E-state index in [9.17, 15) is 20.1 Å². The van der Waals surface area contributed by atoms with Crippen LogP contribution in [0.1, 0.15) is 46.0 Å². The Labute approximate surface area is 131 Å². The number of unbranched alkanes of at least 4 members (excludes halogenated alkanes) is 2. The second-order valence-electron chi connectivity index (χ2n) is 5.53. The molecule has 1 aliphatic heterocycles. The molecule has 0 spiro atoms. The number of carbonyl (C=O) groups is 1. The molecule has 0 aromatic rings. The van der Waals surface area contributed by atoms with Crippen LogP contribution in [0.4, 0.5) is 0 Å². The Morgan fingerprint density at radius 1 is 1.05 bits per heavy atom. The Morgan fingerprint density at radius 2 is 1.77 bits per heavy atom. The van der Waals surface area contributed by atoms with E-state index in [-0.39, 0.29) is 12.6 Å². The van der Waals surface area contributed by atoms with Gasteiger partial charge in [-0.3, -0.25) is 4.79 Å². The third kappa shape index (κ3) is 5.81. The largest absolute Gasteiger partial charge is 0.463 e. The minimum Gasteiger partial charge on any atom is -0.463 e. The molecule has 0 aromatic carbocycles. The summed E-state index contributed by atoms with van der Waals surface area (Å²) in [6.07, 6.45) is -2.27. The van der Waals surface area contributed by atoms with Gasteiger partial charge in [0.05, 0.1) is 0 Å². The van der Waals surface area contributed by atoms with E-state index in [4.69, 9.17) is 14.2 Å². The zero-order chi connectivity index (χ0) is 16.5. The van der Waals surface area contributed by atoms with Gasteiger partial charge >= 0.3 is 5.97 Å². The summed E-state index contributed by atoms with van der Waals surface area (Å²) in [4.78, 5) is 11.6. The lowest BCUT2D eigenvalue weighted by atomic mass is 9.99. The topological polar surface area (TPSA) is 105 Å². The molecule has 22 heavy (non-hydrogen) atoms. The van der Waals surface area contributed by atoms with Crippen LogP contribution in [-0.4, -0.2) is 65.2 Å². The van der Waals surface area contributed by atoms with Crippen molar-refractivity contribution in [2.24, 2.45) is 0 Å². The molecule has 0 radical (unpaired) electrons. The van der Waals surface area contributed by atoms with Gasteiger partial charge in [-0.25, -0.2) is 0 Å². The van der Waals surface area contributed by atoms with Crippen LogP contribution in [-0.2, 0) is 19.0 Å². The molecule has 1 aliphatic rings. The number of rotatable bonds is 9. The summed E-state index contributed by atoms with van der Waals surface area (Å²) >= 11 is 0. The fourth-order valence-corrected chi connectivity index (χ4v) is 2.19. The molecule has 1 saturated heterocycles. The van der Waals surface area contributed by atoms with Gasteiger partial charge in [0.2, 0.25) is 0 Å². The fraction of sp³-hybridized carbons (Fsp3) is 0.933. The first-order valence-corrected chi connectivity index (χ1v) is 7.98. The van der Waals surface area contributed by atoms with Crippen molar-refractivity contribution in [3.63, 3.8) is 0 Å². The molecule has 0 amide bonds. The number of carbonyl (C=O) groups excluding carboxylic acids is 1. The highest BCUT2D eigenvalue weighted by Gasteiger charge is 2.44. The summed E-state index contributed by atoms with van der Waals surface area (Å²) in [5.74, 6) is -0.365. The Morgan fingerprint density at radius 3 is 2.41 bits per heavy atom. The minimum absolute atomic E-state index is 0.179. The van der Waals surface area contributed by atoms with Gasteiger partial charge in [0.15, 0.2) is 6.29 Å². The minimum atomic E-state index is -1.40. The highest BCUT2D eigenvalue weighted by Crippen LogP contribution is 2.22. The summed E-state index contributed by atoms with van der Waals surface area (Å²) < 4.78 is 15.8. The van der Waals surface area contributed by atoms with Crippen LogP contribution < -0.4 is 0 Å². The first kappa shape index (κ1) is 19.3. The van der Waals surface area contributed by atoms with Crippen LogP contribution >= 0.6 is 0 Å². The maximum Gasteiger partial charge on any atom is 0.305 e. The van der Waals surface area contributed by atoms with Gasteiger partial charge in [-0.1, -0.05) is 26.7 Å². The van der Waals surface area contributed by atoms with E-state index in [1.807, 2.05) is 13.8 Å². The maximum absolute atomic E-state index is 11.6. The second-order valence-corrected chi connectivity index (χ2v) is 5.53. The van der Waals surface area contributed by atoms with Crippen molar-refractivity contribution in [3.05, 3.63) is 0 Å². The Bertz CT molecular complexity index is 323. The van der Waals surface area contributed by atoms with Gasteiger partial charge in [0, 0.05) is 13.0 Å². The zero-order valence-corrected chi connectivity index (χ0v) is 13.3. The van der Waals surface area contributed by atoms with Crippen LogP contribution in [0.2, 0.25) is 0 Å². The SMILES string of the molecule is CCCCCC(=O)OC[C@H]1OC(OCCC)[C@H](O)[C@@H](O)[C@@H]1O. The van der Waals surface area contributed by atoms with Crippen molar-refractivity contribution in [2.75, 3.05) is 13.2 Å². The summed E-state index contributed by atoms with van der Waals surface area (Å²) in [5.41, 5.74) is 0. The molecule has 1 rings (SSSR count). The summed E-state index contributed by atoms with van der Waals surface area (Å²) in [6, 6.07) is 0. The van der Waals surface area contributed by atoms with Crippen molar-refractivity contribution in [2.45, 2.75) is 76.7 Å². The molecule has 0 saturated carbocycles. The number of aliphatic hydroxyl groups is 3. The number of hydrogen-bond donors (Lipinski definition) is 3. The molecular formula is C15H28O7. The van der Waals surface area contributed by atoms with Gasteiger partial charge in [0.25, 0.3) is 0 Å². The van der Waals surface area contributed by atoms with Crippen LogP contribution in [0.3, 0.4) is 0 Å². The average molecular weight is 320 g/mol. The molecule has 1 unspecified atom stereocenters. The molecular weight excluding hydrogens is 292 g/mol. The molecule has 3 N–H and O–H groups in total. The van der Waals surface area contributed by atoms with E-state index in [0.717, 1.165) is 25.7 Å². The van der Waals surface area contributed by atoms with Crippen molar-refractivity contribution < 1.29 is 34.3 Å². The van der Waals surface area contributed by atoms with E-state index in [2.05, 4.69) is 0 Å². The lowest BCUT2D eigenvalue weighted by Crippen LogP contribution is -2.59. The van der Waals surface area contributed by atoms with Crippen LogP contribution in [0, 0.1) is 0 Å². The monoisotopic (exact) mass is 320 g/mol. The molecule has 1 fully saturated rings. The molecule has 7 heteroatoms. The first-order chi connectivity index (χ1) is 10.5. The van der Waals surface area contributed by atoms with Gasteiger partial charge < -0.3 is 29.5 Å². The lowest BCUT2D eigenvalue weighted by molar-refractivity contribution is -0.301. The lowest BCUT2D eigenvalue weighted by Gasteiger charge is -2.39. The van der Waals surface area contributed by atoms with Crippen LogP contribution in [0.25, 0.3) is 0 Å². The van der Waals surface area contributed by atoms with E-state index in [0.29, 0.717) is 13.0 Å². The summed E-state index contributed by atoms with van der Waals surface area (Å²) in [5, 5.41) is 29.5. The third-order valence-electron chi connectivity index (χ3n) is 3.55. The third-order valence-corrected chi connectivity index (χ3v) is 3.55. The van der Waals surface area contributed by atoms with Gasteiger partial charge in [-0.15, -0.1) is 0 Å². The smallest absolute Gasteiger partial charge is 0.305 e. The molecule has 1 heterocycles. The van der Waals surface area contributed by atoms with Gasteiger partial charge in [-0.2, -0.15) is 0 Å². The molecule has 7 nitrogen and oxygen atoms in total. The fourth-order valence-electron chi connectivity index (χ4n) is 2.19. The van der Waals surface area contributed by atoms with Gasteiger partial charge in [0.1, 0.15) is 31.0 Å². The second kappa shape index (κ2) is 10.1. The van der Waals surface area contributed by atoms with Gasteiger partial charge in [-0.05, 0) is 12.8 Å². The predicted octanol–water partition coefficient (Wildman–Crippen LogP) is 0.344. The number of esters is 1. The molecule has 130 valence electrons. The Hall–Kier alpha value is -0.730. The summed E-state index contributed by atoms with van der Waals surface area (Å²) in [7, 11) is 0. The molecule has 0 aromatic heterocycles. The quantitative estimate of drug-likeness (QED) is 0.415. The van der Waals surface area contributed by atoms with E-state index in [1.54, 1.807) is 0 Å². The Kier molecular flexibility index (Phi) is 8.89. The predicted molar refractivity (Wildman–Crippen MR) is 78.0 cm³/mol. The first-order valence-electron chi connectivity index (χ1n) is 7.98. The standard InChI is InChI=1S/C15H28O7/c1-3-5-6-7-11(16)21-9-10-12(17)13(18)14(19)15(22-10)20-8-4-2/h10,12-15,17-19H,3-9H2,1-2H3/t10-,12-,13+,14-,15?/m1/s1.